The summed E-state index contributed by atoms with van der Waals surface area (Å²) in [6.07, 6.45) is 2.94. The Morgan fingerprint density at radius 2 is 1.45 bits per heavy atom. The van der Waals surface area contributed by atoms with Gasteiger partial charge in [-0.05, 0) is 40.8 Å². The van der Waals surface area contributed by atoms with E-state index in [0.717, 1.165) is 30.4 Å². The van der Waals surface area contributed by atoms with Crippen molar-refractivity contribution in [2.45, 2.75) is 69.2 Å². The molecule has 3 aromatic carbocycles. The number of ether oxygens (including phenoxy) is 1. The molecule has 3 aromatic rings. The van der Waals surface area contributed by atoms with Crippen molar-refractivity contribution in [1.29, 1.82) is 0 Å². The third-order valence-corrected chi connectivity index (χ3v) is 9.66. The first-order chi connectivity index (χ1) is 22.6. The number of unbranched alkanes of at least 4 members (excludes halogenated alkanes) is 2. The first-order valence-electron chi connectivity index (χ1n) is 15.8. The highest BCUT2D eigenvalue weighted by atomic mass is 32.2. The van der Waals surface area contributed by atoms with Crippen molar-refractivity contribution in [3.63, 3.8) is 0 Å². The Kier molecular flexibility index (Phi) is 12.5. The van der Waals surface area contributed by atoms with Gasteiger partial charge in [0.1, 0.15) is 23.1 Å². The Morgan fingerprint density at radius 1 is 0.830 bits per heavy atom. The monoisotopic (exact) mass is 662 g/mol. The first kappa shape index (κ1) is 35.1. The number of hydrogen-bond acceptors (Lipinski definition) is 7. The Balaban J connectivity index is 1.51. The van der Waals surface area contributed by atoms with Crippen LogP contribution in [0.3, 0.4) is 0 Å². The fourth-order valence-electron chi connectivity index (χ4n) is 5.38. The van der Waals surface area contributed by atoms with Crippen LogP contribution < -0.4 is 25.4 Å². The minimum Gasteiger partial charge on any atom is -0.497 e. The van der Waals surface area contributed by atoms with Gasteiger partial charge in [-0.3, -0.25) is 23.9 Å². The summed E-state index contributed by atoms with van der Waals surface area (Å²) in [5.41, 5.74) is 2.73. The summed E-state index contributed by atoms with van der Waals surface area (Å²) >= 11 is 0. The van der Waals surface area contributed by atoms with Crippen LogP contribution in [0.25, 0.3) is 0 Å². The van der Waals surface area contributed by atoms with Crippen molar-refractivity contribution < 1.29 is 32.3 Å². The number of amides is 4. The highest BCUT2D eigenvalue weighted by molar-refractivity contribution is 7.90. The predicted molar refractivity (Wildman–Crippen MR) is 178 cm³/mol. The molecule has 4 N–H and O–H groups in total. The topological polar surface area (TPSA) is 160 Å². The molecule has 0 aliphatic carbocycles. The van der Waals surface area contributed by atoms with Gasteiger partial charge in [0, 0.05) is 19.4 Å². The normalized spacial score (nSPS) is 16.4. The van der Waals surface area contributed by atoms with Crippen LogP contribution in [0.4, 0.5) is 0 Å². The molecule has 0 aromatic heterocycles. The molecule has 0 unspecified atom stereocenters. The van der Waals surface area contributed by atoms with E-state index in [4.69, 9.17) is 4.74 Å². The number of carbonyl (C=O) groups is 4. The van der Waals surface area contributed by atoms with Gasteiger partial charge in [-0.15, -0.1) is 0 Å². The van der Waals surface area contributed by atoms with Gasteiger partial charge in [-0.2, -0.15) is 0 Å². The molecule has 0 spiro atoms. The Hall–Kier alpha value is -4.71. The first-order valence-corrected chi connectivity index (χ1v) is 17.3. The number of methoxy groups -OCH3 is 1. The summed E-state index contributed by atoms with van der Waals surface area (Å²) in [4.78, 5) is 52.0. The van der Waals surface area contributed by atoms with E-state index in [0.29, 0.717) is 23.4 Å². The average Bonchev–Trinajstić information content (AvgIpc) is 3.34. The van der Waals surface area contributed by atoms with E-state index in [1.807, 2.05) is 35.1 Å². The van der Waals surface area contributed by atoms with Gasteiger partial charge < -0.3 is 20.7 Å². The number of rotatable bonds is 16. The van der Waals surface area contributed by atoms with E-state index in [1.54, 1.807) is 55.6 Å². The van der Waals surface area contributed by atoms with Crippen molar-refractivity contribution >= 4 is 33.7 Å². The highest BCUT2D eigenvalue weighted by Gasteiger charge is 2.37. The molecule has 0 bridgehead atoms. The third kappa shape index (κ3) is 10.4. The van der Waals surface area contributed by atoms with E-state index >= 15 is 0 Å². The maximum Gasteiger partial charge on any atom is 0.243 e. The zero-order valence-electron chi connectivity index (χ0n) is 26.7. The maximum atomic E-state index is 13.8. The van der Waals surface area contributed by atoms with E-state index < -0.39 is 39.2 Å². The molecule has 11 nitrogen and oxygen atoms in total. The lowest BCUT2D eigenvalue weighted by atomic mass is 10.00. The summed E-state index contributed by atoms with van der Waals surface area (Å²) in [5.74, 6) is -1.11. The lowest BCUT2D eigenvalue weighted by molar-refractivity contribution is -0.132. The van der Waals surface area contributed by atoms with Crippen molar-refractivity contribution in [3.8, 4) is 5.75 Å². The van der Waals surface area contributed by atoms with Gasteiger partial charge >= 0.3 is 0 Å². The van der Waals surface area contributed by atoms with Gasteiger partial charge in [0.25, 0.3) is 0 Å². The van der Waals surface area contributed by atoms with Crippen LogP contribution in [0.15, 0.2) is 78.9 Å². The highest BCUT2D eigenvalue weighted by Crippen LogP contribution is 2.30. The number of carbonyl (C=O) groups excluding carboxylic acids is 4. The van der Waals surface area contributed by atoms with Crippen LogP contribution in [-0.4, -0.2) is 57.8 Å². The molecule has 12 heteroatoms. The molecule has 1 heterocycles. The SMILES string of the molecule is CCCCCNC(=O)[C@H](Cc1ccc([C@@H]2CC(=O)NS2(=O)=O)cc1)NC(=O)[C@H](Cc1ccccc1)NC(=O)Cc1ccc(OC)cc1. The Bertz CT molecular complexity index is 1630. The number of hydrogen-bond donors (Lipinski definition) is 4. The lowest BCUT2D eigenvalue weighted by Crippen LogP contribution is -2.55. The van der Waals surface area contributed by atoms with E-state index in [1.165, 1.54) is 0 Å². The smallest absolute Gasteiger partial charge is 0.243 e. The van der Waals surface area contributed by atoms with Crippen molar-refractivity contribution in [2.24, 2.45) is 0 Å². The lowest BCUT2D eigenvalue weighted by Gasteiger charge is -2.24. The summed E-state index contributed by atoms with van der Waals surface area (Å²) in [6, 6.07) is 21.1. The molecule has 1 fully saturated rings. The van der Waals surface area contributed by atoms with Gasteiger partial charge in [0.2, 0.25) is 33.7 Å². The number of nitrogens with one attached hydrogen (secondary N) is 4. The molecule has 0 saturated carbocycles. The van der Waals surface area contributed by atoms with Crippen LogP contribution in [0.2, 0.25) is 0 Å². The average molecular weight is 663 g/mol. The Labute approximate surface area is 275 Å². The molecule has 0 radical (unpaired) electrons. The predicted octanol–water partition coefficient (Wildman–Crippen LogP) is 2.89. The number of sulfonamides is 1. The molecule has 1 aliphatic heterocycles. The van der Waals surface area contributed by atoms with Crippen LogP contribution in [0, 0.1) is 0 Å². The van der Waals surface area contributed by atoms with Crippen LogP contribution in [0.1, 0.15) is 60.1 Å². The minimum atomic E-state index is -3.80. The second-order valence-electron chi connectivity index (χ2n) is 11.6. The molecule has 4 rings (SSSR count). The molecule has 1 saturated heterocycles. The van der Waals surface area contributed by atoms with Crippen molar-refractivity contribution in [3.05, 3.63) is 101 Å². The summed E-state index contributed by atoms with van der Waals surface area (Å²) in [5, 5.41) is 7.65. The largest absolute Gasteiger partial charge is 0.497 e. The van der Waals surface area contributed by atoms with Crippen LogP contribution in [-0.2, 0) is 48.5 Å². The van der Waals surface area contributed by atoms with Gasteiger partial charge in [-0.25, -0.2) is 8.42 Å². The molecule has 1 aliphatic rings. The molecular weight excluding hydrogens is 620 g/mol. The summed E-state index contributed by atoms with van der Waals surface area (Å²) in [7, 11) is -2.24. The fraction of sp³-hybridized carbons (Fsp3) is 0.371. The van der Waals surface area contributed by atoms with Crippen molar-refractivity contribution in [1.82, 2.24) is 20.7 Å². The number of benzene rings is 3. The molecule has 250 valence electrons. The summed E-state index contributed by atoms with van der Waals surface area (Å²) in [6.45, 7) is 2.51. The second kappa shape index (κ2) is 16.7. The van der Waals surface area contributed by atoms with Crippen molar-refractivity contribution in [2.75, 3.05) is 13.7 Å². The zero-order chi connectivity index (χ0) is 33.8. The van der Waals surface area contributed by atoms with E-state index in [-0.39, 0.29) is 37.5 Å². The van der Waals surface area contributed by atoms with E-state index in [2.05, 4.69) is 22.9 Å². The van der Waals surface area contributed by atoms with Gasteiger partial charge in [0.05, 0.1) is 20.0 Å². The maximum absolute atomic E-state index is 13.8. The fourth-order valence-corrected chi connectivity index (χ4v) is 6.80. The second-order valence-corrected chi connectivity index (χ2v) is 13.5. The van der Waals surface area contributed by atoms with Crippen LogP contribution in [0.5, 0.6) is 5.75 Å². The zero-order valence-corrected chi connectivity index (χ0v) is 27.5. The molecule has 47 heavy (non-hydrogen) atoms. The summed E-state index contributed by atoms with van der Waals surface area (Å²) < 4.78 is 31.8. The minimum absolute atomic E-state index is 0.0497. The van der Waals surface area contributed by atoms with E-state index in [9.17, 15) is 27.6 Å². The van der Waals surface area contributed by atoms with Crippen LogP contribution >= 0.6 is 0 Å². The van der Waals surface area contributed by atoms with Gasteiger partial charge in [0.15, 0.2) is 0 Å². The third-order valence-electron chi connectivity index (χ3n) is 7.96. The molecular formula is C35H42N4O7S. The molecule has 4 amide bonds. The molecule has 3 atom stereocenters. The van der Waals surface area contributed by atoms with Gasteiger partial charge in [-0.1, -0.05) is 86.5 Å². The standard InChI is InChI=1S/C35H42N4O7S/c1-3-4-8-19-36-34(42)29(21-25-11-15-27(16-12-25)31-23-33(41)39-47(31,44)45)38-35(43)30(20-24-9-6-5-7-10-24)37-32(40)22-26-13-17-28(46-2)18-14-26/h5-7,9-18,29-31H,3-4,8,19-23H2,1-2H3,(H,36,42)(H,37,40)(H,38,43)(H,39,41)/t29-,30-,31-/m0/s1. The quantitative estimate of drug-likeness (QED) is 0.172. The Morgan fingerprint density at radius 3 is 2.04 bits per heavy atom.